The van der Waals surface area contributed by atoms with E-state index in [1.807, 2.05) is 18.2 Å². The topological polar surface area (TPSA) is 78.6 Å². The zero-order chi connectivity index (χ0) is 22.9. The van der Waals surface area contributed by atoms with E-state index in [1.165, 1.54) is 0 Å². The van der Waals surface area contributed by atoms with E-state index in [4.69, 9.17) is 19.0 Å². The molecular formula is C23H37IN6O3. The summed E-state index contributed by atoms with van der Waals surface area (Å²) in [7, 11) is 7.47. The van der Waals surface area contributed by atoms with Gasteiger partial charge in [-0.1, -0.05) is 11.2 Å². The minimum atomic E-state index is 0. The van der Waals surface area contributed by atoms with Crippen LogP contribution in [-0.4, -0.2) is 93.4 Å². The van der Waals surface area contributed by atoms with Gasteiger partial charge < -0.3 is 29.1 Å². The third-order valence-corrected chi connectivity index (χ3v) is 5.71. The predicted octanol–water partition coefficient (Wildman–Crippen LogP) is 2.70. The normalized spacial score (nSPS) is 15.8. The number of nitrogens with one attached hydrogen (secondary N) is 1. The smallest absolute Gasteiger partial charge is 0.194 e. The first-order valence-corrected chi connectivity index (χ1v) is 11.1. The number of methoxy groups -OCH3 is 2. The van der Waals surface area contributed by atoms with Gasteiger partial charge in [-0.25, -0.2) is 0 Å². The molecular weight excluding hydrogens is 535 g/mol. The maximum atomic E-state index is 5.50. The number of nitrogens with zero attached hydrogens (tertiary/aromatic N) is 5. The lowest BCUT2D eigenvalue weighted by molar-refractivity contribution is 0.168. The number of likely N-dealkylation sites (N-methyl/N-ethyl adjacent to an activating group) is 1. The van der Waals surface area contributed by atoms with Crippen LogP contribution >= 0.6 is 24.0 Å². The van der Waals surface area contributed by atoms with E-state index in [0.717, 1.165) is 68.0 Å². The summed E-state index contributed by atoms with van der Waals surface area (Å²) in [6.45, 7) is 8.17. The monoisotopic (exact) mass is 572 g/mol. The lowest BCUT2D eigenvalue weighted by atomic mass is 10.1. The largest absolute Gasteiger partial charge is 0.493 e. The molecule has 1 aliphatic heterocycles. The molecule has 9 nitrogen and oxygen atoms in total. The highest BCUT2D eigenvalue weighted by Gasteiger charge is 2.22. The molecule has 2 aromatic rings. The lowest BCUT2D eigenvalue weighted by Gasteiger charge is -2.36. The molecule has 0 amide bonds. The molecule has 1 fully saturated rings. The fourth-order valence-corrected chi connectivity index (χ4v) is 3.89. The number of rotatable bonds is 9. The summed E-state index contributed by atoms with van der Waals surface area (Å²) in [6.07, 6.45) is 1.63. The Morgan fingerprint density at radius 2 is 1.88 bits per heavy atom. The molecule has 1 atom stereocenters. The maximum Gasteiger partial charge on any atom is 0.194 e. The molecule has 1 aromatic heterocycles. The van der Waals surface area contributed by atoms with Crippen molar-refractivity contribution in [1.29, 1.82) is 0 Å². The SMILES string of the molecule is CCNC(=NCC(c1ccc(OC)c(OC)c1)N(C)C)N1CCN(Cc2ccon2)CC1.I. The third kappa shape index (κ3) is 7.47. The fraction of sp³-hybridized carbons (Fsp3) is 0.565. The van der Waals surface area contributed by atoms with E-state index in [-0.39, 0.29) is 30.0 Å². The Bertz CT molecular complexity index is 854. The van der Waals surface area contributed by atoms with Crippen LogP contribution in [-0.2, 0) is 6.54 Å². The molecule has 184 valence electrons. The average molecular weight is 572 g/mol. The van der Waals surface area contributed by atoms with Gasteiger partial charge in [0.25, 0.3) is 0 Å². The van der Waals surface area contributed by atoms with Crippen molar-refractivity contribution in [3.05, 3.63) is 41.8 Å². The number of benzene rings is 1. The summed E-state index contributed by atoms with van der Waals surface area (Å²) in [6, 6.07) is 8.12. The van der Waals surface area contributed by atoms with E-state index in [1.54, 1.807) is 20.5 Å². The molecule has 10 heteroatoms. The third-order valence-electron chi connectivity index (χ3n) is 5.71. The van der Waals surface area contributed by atoms with Gasteiger partial charge >= 0.3 is 0 Å². The van der Waals surface area contributed by atoms with Crippen molar-refractivity contribution in [2.75, 3.05) is 67.6 Å². The van der Waals surface area contributed by atoms with Gasteiger partial charge in [-0.05, 0) is 38.7 Å². The Labute approximate surface area is 214 Å². The molecule has 2 heterocycles. The quantitative estimate of drug-likeness (QED) is 0.279. The molecule has 1 N–H and O–H groups in total. The van der Waals surface area contributed by atoms with Crippen LogP contribution in [0.15, 0.2) is 40.0 Å². The van der Waals surface area contributed by atoms with Crippen LogP contribution in [0.5, 0.6) is 11.5 Å². The number of ether oxygens (including phenoxy) is 2. The zero-order valence-corrected chi connectivity index (χ0v) is 22.6. The molecule has 0 spiro atoms. The summed E-state index contributed by atoms with van der Waals surface area (Å²) in [5, 5.41) is 7.49. The molecule has 3 rings (SSSR count). The first-order chi connectivity index (χ1) is 15.5. The summed E-state index contributed by atoms with van der Waals surface area (Å²) in [4.78, 5) is 11.9. The highest BCUT2D eigenvalue weighted by Crippen LogP contribution is 2.31. The molecule has 1 aromatic carbocycles. The number of piperazine rings is 1. The highest BCUT2D eigenvalue weighted by atomic mass is 127. The van der Waals surface area contributed by atoms with E-state index in [0.29, 0.717) is 6.54 Å². The van der Waals surface area contributed by atoms with Crippen LogP contribution in [0.4, 0.5) is 0 Å². The minimum absolute atomic E-state index is 0. The van der Waals surface area contributed by atoms with Gasteiger partial charge in [0.2, 0.25) is 0 Å². The van der Waals surface area contributed by atoms with Crippen molar-refractivity contribution < 1.29 is 14.0 Å². The predicted molar refractivity (Wildman–Crippen MR) is 141 cm³/mol. The van der Waals surface area contributed by atoms with Gasteiger partial charge in [0.05, 0.1) is 32.5 Å². The number of guanidine groups is 1. The second-order valence-electron chi connectivity index (χ2n) is 8.04. The number of hydrogen-bond acceptors (Lipinski definition) is 7. The van der Waals surface area contributed by atoms with Crippen molar-refractivity contribution in [3.8, 4) is 11.5 Å². The Morgan fingerprint density at radius 1 is 1.15 bits per heavy atom. The van der Waals surface area contributed by atoms with Crippen molar-refractivity contribution in [3.63, 3.8) is 0 Å². The molecule has 0 saturated carbocycles. The first-order valence-electron chi connectivity index (χ1n) is 11.1. The van der Waals surface area contributed by atoms with Crippen molar-refractivity contribution in [1.82, 2.24) is 25.2 Å². The second kappa shape index (κ2) is 13.6. The molecule has 0 bridgehead atoms. The van der Waals surface area contributed by atoms with Crippen LogP contribution in [0.3, 0.4) is 0 Å². The van der Waals surface area contributed by atoms with Crippen molar-refractivity contribution in [2.45, 2.75) is 19.5 Å². The van der Waals surface area contributed by atoms with Crippen LogP contribution in [0.25, 0.3) is 0 Å². The molecule has 0 radical (unpaired) electrons. The molecule has 1 saturated heterocycles. The number of aromatic nitrogens is 1. The summed E-state index contributed by atoms with van der Waals surface area (Å²) >= 11 is 0. The standard InChI is InChI=1S/C23H36N6O3.HI/c1-6-24-23(29-12-10-28(11-13-29)17-19-9-14-32-26-19)25-16-20(27(2)3)18-7-8-21(30-4)22(15-18)31-5;/h7-9,14-15,20H,6,10-13,16-17H2,1-5H3,(H,24,25);1H. The summed E-state index contributed by atoms with van der Waals surface area (Å²) < 4.78 is 15.8. The van der Waals surface area contributed by atoms with E-state index < -0.39 is 0 Å². The van der Waals surface area contributed by atoms with Crippen LogP contribution in [0.2, 0.25) is 0 Å². The van der Waals surface area contributed by atoms with E-state index in [2.05, 4.69) is 52.3 Å². The first kappa shape index (κ1) is 27.2. The van der Waals surface area contributed by atoms with Crippen LogP contribution in [0, 0.1) is 0 Å². The van der Waals surface area contributed by atoms with Crippen molar-refractivity contribution >= 4 is 29.9 Å². The minimum Gasteiger partial charge on any atom is -0.493 e. The van der Waals surface area contributed by atoms with Crippen LogP contribution < -0.4 is 14.8 Å². The molecule has 1 aliphatic rings. The number of aliphatic imine (C=N–C) groups is 1. The number of halogens is 1. The van der Waals surface area contributed by atoms with E-state index in [9.17, 15) is 0 Å². The van der Waals surface area contributed by atoms with E-state index >= 15 is 0 Å². The van der Waals surface area contributed by atoms with Gasteiger partial charge in [-0.3, -0.25) is 9.89 Å². The van der Waals surface area contributed by atoms with Gasteiger partial charge in [0, 0.05) is 45.3 Å². The zero-order valence-electron chi connectivity index (χ0n) is 20.3. The van der Waals surface area contributed by atoms with Gasteiger partial charge in [0.15, 0.2) is 17.5 Å². The Hall–Kier alpha value is -2.05. The highest BCUT2D eigenvalue weighted by molar-refractivity contribution is 14.0. The lowest BCUT2D eigenvalue weighted by Crippen LogP contribution is -2.52. The Balaban J connectivity index is 0.00000385. The molecule has 1 unspecified atom stereocenters. The number of hydrogen-bond donors (Lipinski definition) is 1. The summed E-state index contributed by atoms with van der Waals surface area (Å²) in [5.41, 5.74) is 2.12. The van der Waals surface area contributed by atoms with Gasteiger partial charge in [-0.15, -0.1) is 24.0 Å². The van der Waals surface area contributed by atoms with Crippen molar-refractivity contribution in [2.24, 2.45) is 4.99 Å². The average Bonchev–Trinajstić information content (AvgIpc) is 3.31. The second-order valence-corrected chi connectivity index (χ2v) is 8.04. The van der Waals surface area contributed by atoms with Gasteiger partial charge in [0.1, 0.15) is 6.26 Å². The van der Waals surface area contributed by atoms with Crippen LogP contribution in [0.1, 0.15) is 24.2 Å². The Kier molecular flexibility index (Phi) is 11.2. The maximum absolute atomic E-state index is 5.50. The summed E-state index contributed by atoms with van der Waals surface area (Å²) in [5.74, 6) is 2.42. The van der Waals surface area contributed by atoms with Gasteiger partial charge in [-0.2, -0.15) is 0 Å². The fourth-order valence-electron chi connectivity index (χ4n) is 3.89. The Morgan fingerprint density at radius 3 is 2.45 bits per heavy atom. The molecule has 0 aliphatic carbocycles. The molecule has 33 heavy (non-hydrogen) atoms.